The number of carboxylic acids is 1. The number of carbonyl (C=O) groups excluding carboxylic acids is 1. The van der Waals surface area contributed by atoms with Gasteiger partial charge in [0.05, 0.1) is 0 Å². The molecule has 0 saturated heterocycles. The average Bonchev–Trinajstić information content (AvgIpc) is 2.98. The minimum Gasteiger partial charge on any atom is -0.478 e. The standard InChI is InChI=1S/C14H18N2O3/c17-13(15-11-4-1-2-5-11)10-16-9-3-6-12(16)7-8-14(18)19/h3,6-9,11H,1-2,4-5,10H2,(H,15,17)(H,18,19)/b8-7+. The van der Waals surface area contributed by atoms with Gasteiger partial charge in [-0.2, -0.15) is 0 Å². The Balaban J connectivity index is 1.93. The van der Waals surface area contributed by atoms with Crippen LogP contribution in [0.2, 0.25) is 0 Å². The minimum atomic E-state index is -0.997. The van der Waals surface area contributed by atoms with Crippen LogP contribution in [0, 0.1) is 0 Å². The van der Waals surface area contributed by atoms with Crippen molar-refractivity contribution in [3.05, 3.63) is 30.1 Å². The summed E-state index contributed by atoms with van der Waals surface area (Å²) in [5, 5.41) is 11.6. The molecule has 5 nitrogen and oxygen atoms in total. The Labute approximate surface area is 111 Å². The summed E-state index contributed by atoms with van der Waals surface area (Å²) in [4.78, 5) is 22.4. The molecule has 1 aromatic heterocycles. The van der Waals surface area contributed by atoms with E-state index >= 15 is 0 Å². The predicted octanol–water partition coefficient (Wildman–Crippen LogP) is 1.64. The Morgan fingerprint density at radius 3 is 2.84 bits per heavy atom. The van der Waals surface area contributed by atoms with E-state index < -0.39 is 5.97 Å². The number of nitrogens with zero attached hydrogens (tertiary/aromatic N) is 1. The smallest absolute Gasteiger partial charge is 0.328 e. The van der Waals surface area contributed by atoms with Gasteiger partial charge in [0.25, 0.3) is 0 Å². The maximum absolute atomic E-state index is 11.9. The number of hydrogen-bond donors (Lipinski definition) is 2. The zero-order chi connectivity index (χ0) is 13.7. The summed E-state index contributed by atoms with van der Waals surface area (Å²) in [7, 11) is 0. The maximum atomic E-state index is 11.9. The van der Waals surface area contributed by atoms with E-state index in [4.69, 9.17) is 5.11 Å². The van der Waals surface area contributed by atoms with Crippen molar-refractivity contribution in [2.45, 2.75) is 38.3 Å². The van der Waals surface area contributed by atoms with E-state index in [0.29, 0.717) is 11.7 Å². The molecular formula is C14H18N2O3. The van der Waals surface area contributed by atoms with Gasteiger partial charge >= 0.3 is 5.97 Å². The molecule has 5 heteroatoms. The molecule has 0 unspecified atom stereocenters. The molecule has 0 radical (unpaired) electrons. The Bertz CT molecular complexity index is 485. The zero-order valence-electron chi connectivity index (χ0n) is 10.7. The largest absolute Gasteiger partial charge is 0.478 e. The van der Waals surface area contributed by atoms with E-state index in [-0.39, 0.29) is 12.5 Å². The molecule has 1 aliphatic carbocycles. The van der Waals surface area contributed by atoms with E-state index in [0.717, 1.165) is 18.9 Å². The van der Waals surface area contributed by atoms with Crippen molar-refractivity contribution in [1.82, 2.24) is 9.88 Å². The number of aliphatic carboxylic acids is 1. The topological polar surface area (TPSA) is 71.3 Å². The first-order valence-corrected chi connectivity index (χ1v) is 6.50. The Morgan fingerprint density at radius 2 is 2.16 bits per heavy atom. The van der Waals surface area contributed by atoms with Crippen molar-refractivity contribution in [1.29, 1.82) is 0 Å². The van der Waals surface area contributed by atoms with Crippen LogP contribution < -0.4 is 5.32 Å². The van der Waals surface area contributed by atoms with Crippen LogP contribution >= 0.6 is 0 Å². The molecule has 0 bridgehead atoms. The second kappa shape index (κ2) is 6.22. The molecule has 2 rings (SSSR count). The molecule has 102 valence electrons. The van der Waals surface area contributed by atoms with Crippen LogP contribution in [0.1, 0.15) is 31.4 Å². The first-order valence-electron chi connectivity index (χ1n) is 6.50. The van der Waals surface area contributed by atoms with Gasteiger partial charge in [0.2, 0.25) is 5.91 Å². The third kappa shape index (κ3) is 3.98. The third-order valence-electron chi connectivity index (χ3n) is 3.30. The molecular weight excluding hydrogens is 244 g/mol. The Kier molecular flexibility index (Phi) is 4.39. The van der Waals surface area contributed by atoms with Crippen LogP contribution in [0.3, 0.4) is 0 Å². The van der Waals surface area contributed by atoms with E-state index in [9.17, 15) is 9.59 Å². The lowest BCUT2D eigenvalue weighted by Gasteiger charge is -2.13. The quantitative estimate of drug-likeness (QED) is 0.792. The van der Waals surface area contributed by atoms with E-state index in [1.807, 2.05) is 0 Å². The fraction of sp³-hybridized carbons (Fsp3) is 0.429. The number of hydrogen-bond acceptors (Lipinski definition) is 2. The fourth-order valence-corrected chi connectivity index (χ4v) is 2.38. The second-order valence-corrected chi connectivity index (χ2v) is 4.78. The van der Waals surface area contributed by atoms with Crippen LogP contribution in [-0.4, -0.2) is 27.6 Å². The summed E-state index contributed by atoms with van der Waals surface area (Å²) in [6, 6.07) is 3.88. The molecule has 2 N–H and O–H groups in total. The highest BCUT2D eigenvalue weighted by Gasteiger charge is 2.17. The van der Waals surface area contributed by atoms with Crippen LogP contribution in [0.15, 0.2) is 24.4 Å². The van der Waals surface area contributed by atoms with Gasteiger partial charge in [0.15, 0.2) is 0 Å². The summed E-state index contributed by atoms with van der Waals surface area (Å²) < 4.78 is 1.74. The van der Waals surface area contributed by atoms with Crippen molar-refractivity contribution in [3.8, 4) is 0 Å². The molecule has 1 heterocycles. The number of aromatic nitrogens is 1. The van der Waals surface area contributed by atoms with Crippen LogP contribution in [-0.2, 0) is 16.1 Å². The Morgan fingerprint density at radius 1 is 1.42 bits per heavy atom. The predicted molar refractivity (Wildman–Crippen MR) is 71.5 cm³/mol. The lowest BCUT2D eigenvalue weighted by atomic mass is 10.2. The highest BCUT2D eigenvalue weighted by Crippen LogP contribution is 2.17. The zero-order valence-corrected chi connectivity index (χ0v) is 10.7. The molecule has 0 spiro atoms. The number of amides is 1. The van der Waals surface area contributed by atoms with Gasteiger partial charge in [-0.15, -0.1) is 0 Å². The van der Waals surface area contributed by atoms with Crippen molar-refractivity contribution in [2.24, 2.45) is 0 Å². The molecule has 0 atom stereocenters. The van der Waals surface area contributed by atoms with Gasteiger partial charge in [-0.25, -0.2) is 4.79 Å². The van der Waals surface area contributed by atoms with Gasteiger partial charge in [-0.3, -0.25) is 4.79 Å². The summed E-state index contributed by atoms with van der Waals surface area (Å²) >= 11 is 0. The SMILES string of the molecule is O=C(O)/C=C/c1cccn1CC(=O)NC1CCCC1. The van der Waals surface area contributed by atoms with E-state index in [1.165, 1.54) is 18.9 Å². The molecule has 1 aromatic rings. The van der Waals surface area contributed by atoms with E-state index in [2.05, 4.69) is 5.32 Å². The highest BCUT2D eigenvalue weighted by atomic mass is 16.4. The van der Waals surface area contributed by atoms with Crippen molar-refractivity contribution in [3.63, 3.8) is 0 Å². The first-order chi connectivity index (χ1) is 9.15. The lowest BCUT2D eigenvalue weighted by Crippen LogP contribution is -2.35. The maximum Gasteiger partial charge on any atom is 0.328 e. The average molecular weight is 262 g/mol. The summed E-state index contributed by atoms with van der Waals surface area (Å²) in [5.74, 6) is -1.02. The van der Waals surface area contributed by atoms with Gasteiger partial charge in [-0.1, -0.05) is 12.8 Å². The highest BCUT2D eigenvalue weighted by molar-refractivity contribution is 5.85. The number of rotatable bonds is 5. The molecule has 0 aromatic carbocycles. The van der Waals surface area contributed by atoms with Crippen LogP contribution in [0.5, 0.6) is 0 Å². The van der Waals surface area contributed by atoms with Crippen molar-refractivity contribution in [2.75, 3.05) is 0 Å². The molecule has 1 amide bonds. The van der Waals surface area contributed by atoms with Gasteiger partial charge in [0.1, 0.15) is 6.54 Å². The van der Waals surface area contributed by atoms with Crippen LogP contribution in [0.25, 0.3) is 6.08 Å². The molecule has 1 saturated carbocycles. The Hall–Kier alpha value is -2.04. The third-order valence-corrected chi connectivity index (χ3v) is 3.30. The monoisotopic (exact) mass is 262 g/mol. The van der Waals surface area contributed by atoms with Gasteiger partial charge < -0.3 is 15.0 Å². The lowest BCUT2D eigenvalue weighted by molar-refractivity contribution is -0.131. The fourth-order valence-electron chi connectivity index (χ4n) is 2.38. The molecule has 1 fully saturated rings. The molecule has 1 aliphatic rings. The van der Waals surface area contributed by atoms with Crippen molar-refractivity contribution < 1.29 is 14.7 Å². The summed E-state index contributed by atoms with van der Waals surface area (Å²) in [6.45, 7) is 0.225. The normalized spacial score (nSPS) is 16.0. The number of nitrogens with one attached hydrogen (secondary N) is 1. The van der Waals surface area contributed by atoms with Crippen molar-refractivity contribution >= 4 is 18.0 Å². The summed E-state index contributed by atoms with van der Waals surface area (Å²) in [5.41, 5.74) is 0.712. The van der Waals surface area contributed by atoms with Crippen LogP contribution in [0.4, 0.5) is 0 Å². The van der Waals surface area contributed by atoms with Gasteiger partial charge in [0, 0.05) is 24.0 Å². The van der Waals surface area contributed by atoms with Gasteiger partial charge in [-0.05, 0) is 31.1 Å². The van der Waals surface area contributed by atoms with E-state index in [1.54, 1.807) is 22.9 Å². The minimum absolute atomic E-state index is 0.0203. The second-order valence-electron chi connectivity index (χ2n) is 4.78. The molecule has 19 heavy (non-hydrogen) atoms. The molecule has 0 aliphatic heterocycles. The first kappa shape index (κ1) is 13.4. The number of carboxylic acid groups (broad SMARTS) is 1. The number of carbonyl (C=O) groups is 2. The summed E-state index contributed by atoms with van der Waals surface area (Å²) in [6.07, 6.45) is 8.82.